The van der Waals surface area contributed by atoms with Crippen molar-refractivity contribution in [2.75, 3.05) is 34.2 Å². The van der Waals surface area contributed by atoms with Gasteiger partial charge >= 0.3 is 0 Å². The van der Waals surface area contributed by atoms with Gasteiger partial charge in [-0.15, -0.1) is 12.4 Å². The fraction of sp³-hybridized carbons (Fsp3) is 0.316. The average molecular weight is 333 g/mol. The molecule has 1 amide bonds. The quantitative estimate of drug-likeness (QED) is 0.810. The van der Waals surface area contributed by atoms with Crippen LogP contribution in [-0.4, -0.2) is 49.9 Å². The third-order valence-electron chi connectivity index (χ3n) is 3.77. The summed E-state index contributed by atoms with van der Waals surface area (Å²) in [5.74, 6) is -0.103. The molecule has 0 bridgehead atoms. The van der Waals surface area contributed by atoms with Gasteiger partial charge in [0.1, 0.15) is 0 Å². The predicted octanol–water partition coefficient (Wildman–Crippen LogP) is 3.26. The minimum atomic E-state index is -0.241. The van der Waals surface area contributed by atoms with Crippen LogP contribution in [0.4, 0.5) is 0 Å². The molecule has 0 aliphatic carbocycles. The molecule has 2 aromatic carbocycles. The van der Waals surface area contributed by atoms with Crippen LogP contribution in [0.15, 0.2) is 60.7 Å². The standard InChI is InChI=1S/C19H24N2O.ClH/c1-20(2)14-15-21(3)19(22)18(16-10-6-4-7-11-16)17-12-8-5-9-13-17;/h4-13,18H,14-15H2,1-3H3;1H. The van der Waals surface area contributed by atoms with Crippen LogP contribution in [0.5, 0.6) is 0 Å². The highest BCUT2D eigenvalue weighted by atomic mass is 35.5. The van der Waals surface area contributed by atoms with Crippen LogP contribution in [0.2, 0.25) is 0 Å². The second-order valence-electron chi connectivity index (χ2n) is 5.82. The maximum Gasteiger partial charge on any atom is 0.234 e. The molecule has 0 aliphatic rings. The largest absolute Gasteiger partial charge is 0.344 e. The van der Waals surface area contributed by atoms with Crippen molar-refractivity contribution in [2.45, 2.75) is 5.92 Å². The van der Waals surface area contributed by atoms with Gasteiger partial charge in [0.25, 0.3) is 0 Å². The van der Waals surface area contributed by atoms with E-state index in [1.807, 2.05) is 86.7 Å². The number of carbonyl (C=O) groups is 1. The van der Waals surface area contributed by atoms with Gasteiger partial charge < -0.3 is 9.80 Å². The molecule has 0 aromatic heterocycles. The summed E-state index contributed by atoms with van der Waals surface area (Å²) in [5, 5.41) is 0. The van der Waals surface area contributed by atoms with E-state index in [1.165, 1.54) is 0 Å². The van der Waals surface area contributed by atoms with E-state index < -0.39 is 0 Å². The molecule has 23 heavy (non-hydrogen) atoms. The molecule has 0 aliphatic heterocycles. The fourth-order valence-corrected chi connectivity index (χ4v) is 2.45. The first-order valence-corrected chi connectivity index (χ1v) is 7.59. The highest BCUT2D eigenvalue weighted by molar-refractivity contribution is 5.87. The molecule has 0 fully saturated rings. The molecule has 2 aromatic rings. The molecule has 0 N–H and O–H groups in total. The smallest absolute Gasteiger partial charge is 0.234 e. The number of likely N-dealkylation sites (N-methyl/N-ethyl adjacent to an activating group) is 2. The van der Waals surface area contributed by atoms with Gasteiger partial charge in [0.15, 0.2) is 0 Å². The summed E-state index contributed by atoms with van der Waals surface area (Å²) in [7, 11) is 5.92. The van der Waals surface area contributed by atoms with Crippen molar-refractivity contribution in [1.82, 2.24) is 9.80 Å². The van der Waals surface area contributed by atoms with Gasteiger partial charge in [-0.2, -0.15) is 0 Å². The van der Waals surface area contributed by atoms with Crippen molar-refractivity contribution in [3.8, 4) is 0 Å². The first-order valence-electron chi connectivity index (χ1n) is 7.59. The monoisotopic (exact) mass is 332 g/mol. The lowest BCUT2D eigenvalue weighted by Gasteiger charge is -2.25. The topological polar surface area (TPSA) is 23.6 Å². The lowest BCUT2D eigenvalue weighted by atomic mass is 9.90. The lowest BCUT2D eigenvalue weighted by molar-refractivity contribution is -0.130. The second kappa shape index (κ2) is 9.33. The van der Waals surface area contributed by atoms with Gasteiger partial charge in [0.2, 0.25) is 5.91 Å². The Morgan fingerprint density at radius 2 is 1.26 bits per heavy atom. The first-order chi connectivity index (χ1) is 10.6. The van der Waals surface area contributed by atoms with E-state index in [-0.39, 0.29) is 24.2 Å². The van der Waals surface area contributed by atoms with Crippen molar-refractivity contribution in [3.63, 3.8) is 0 Å². The summed E-state index contributed by atoms with van der Waals surface area (Å²) >= 11 is 0. The molecular formula is C19H25ClN2O. The summed E-state index contributed by atoms with van der Waals surface area (Å²) in [5.41, 5.74) is 2.07. The van der Waals surface area contributed by atoms with E-state index in [1.54, 1.807) is 0 Å². The second-order valence-corrected chi connectivity index (χ2v) is 5.82. The highest BCUT2D eigenvalue weighted by Gasteiger charge is 2.25. The van der Waals surface area contributed by atoms with Crippen molar-refractivity contribution < 1.29 is 4.79 Å². The molecule has 124 valence electrons. The number of halogens is 1. The Kier molecular flexibility index (Phi) is 7.79. The average Bonchev–Trinajstić information content (AvgIpc) is 2.54. The maximum absolute atomic E-state index is 13.0. The number of rotatable bonds is 6. The van der Waals surface area contributed by atoms with Gasteiger partial charge in [-0.25, -0.2) is 0 Å². The molecule has 0 spiro atoms. The zero-order valence-electron chi connectivity index (χ0n) is 14.0. The van der Waals surface area contributed by atoms with E-state index in [2.05, 4.69) is 4.90 Å². The Labute approximate surface area is 145 Å². The third-order valence-corrected chi connectivity index (χ3v) is 3.77. The van der Waals surface area contributed by atoms with Crippen LogP contribution in [0.25, 0.3) is 0 Å². The zero-order chi connectivity index (χ0) is 15.9. The molecule has 0 radical (unpaired) electrons. The maximum atomic E-state index is 13.0. The van der Waals surface area contributed by atoms with Crippen LogP contribution in [0, 0.1) is 0 Å². The molecule has 2 rings (SSSR count). The summed E-state index contributed by atoms with van der Waals surface area (Å²) in [6.07, 6.45) is 0. The number of carbonyl (C=O) groups excluding carboxylic acids is 1. The predicted molar refractivity (Wildman–Crippen MR) is 98.2 cm³/mol. The van der Waals surface area contributed by atoms with Gasteiger partial charge in [0.05, 0.1) is 5.92 Å². The molecule has 0 unspecified atom stereocenters. The summed E-state index contributed by atoms with van der Waals surface area (Å²) in [6, 6.07) is 20.0. The first kappa shape index (κ1) is 19.2. The number of benzene rings is 2. The van der Waals surface area contributed by atoms with Crippen LogP contribution in [0.3, 0.4) is 0 Å². The summed E-state index contributed by atoms with van der Waals surface area (Å²) < 4.78 is 0. The molecule has 0 atom stereocenters. The van der Waals surface area contributed by atoms with Crippen molar-refractivity contribution in [1.29, 1.82) is 0 Å². The third kappa shape index (κ3) is 5.38. The van der Waals surface area contributed by atoms with Crippen LogP contribution < -0.4 is 0 Å². The Hall–Kier alpha value is -1.84. The fourth-order valence-electron chi connectivity index (χ4n) is 2.45. The molecule has 0 heterocycles. The Morgan fingerprint density at radius 3 is 1.65 bits per heavy atom. The van der Waals surface area contributed by atoms with E-state index in [9.17, 15) is 4.79 Å². The Morgan fingerprint density at radius 1 is 0.826 bits per heavy atom. The Balaban J connectivity index is 0.00000264. The van der Waals surface area contributed by atoms with E-state index in [0.717, 1.165) is 24.2 Å². The molecule has 0 saturated heterocycles. The van der Waals surface area contributed by atoms with Gasteiger partial charge in [-0.1, -0.05) is 60.7 Å². The number of nitrogens with zero attached hydrogens (tertiary/aromatic N) is 2. The molecule has 0 saturated carbocycles. The Bertz CT molecular complexity index is 547. The minimum Gasteiger partial charge on any atom is -0.344 e. The van der Waals surface area contributed by atoms with Gasteiger partial charge in [-0.3, -0.25) is 4.79 Å². The SMILES string of the molecule is CN(C)CCN(C)C(=O)C(c1ccccc1)c1ccccc1.Cl. The van der Waals surface area contributed by atoms with Crippen LogP contribution in [0.1, 0.15) is 17.0 Å². The molecule has 4 heteroatoms. The van der Waals surface area contributed by atoms with E-state index in [4.69, 9.17) is 0 Å². The summed E-state index contributed by atoms with van der Waals surface area (Å²) in [6.45, 7) is 1.58. The van der Waals surface area contributed by atoms with Crippen molar-refractivity contribution >= 4 is 18.3 Å². The lowest BCUT2D eigenvalue weighted by Crippen LogP contribution is -2.37. The normalized spacial score (nSPS) is 10.5. The van der Waals surface area contributed by atoms with Gasteiger partial charge in [-0.05, 0) is 25.2 Å². The van der Waals surface area contributed by atoms with Crippen LogP contribution >= 0.6 is 12.4 Å². The molecular weight excluding hydrogens is 308 g/mol. The number of amides is 1. The van der Waals surface area contributed by atoms with E-state index >= 15 is 0 Å². The van der Waals surface area contributed by atoms with E-state index in [0.29, 0.717) is 0 Å². The van der Waals surface area contributed by atoms with Crippen LogP contribution in [-0.2, 0) is 4.79 Å². The van der Waals surface area contributed by atoms with Crippen molar-refractivity contribution in [2.24, 2.45) is 0 Å². The highest BCUT2D eigenvalue weighted by Crippen LogP contribution is 2.26. The zero-order valence-corrected chi connectivity index (χ0v) is 14.8. The van der Waals surface area contributed by atoms with Gasteiger partial charge in [0, 0.05) is 20.1 Å². The molecule has 3 nitrogen and oxygen atoms in total. The number of hydrogen-bond acceptors (Lipinski definition) is 2. The summed E-state index contributed by atoms with van der Waals surface area (Å²) in [4.78, 5) is 16.9. The van der Waals surface area contributed by atoms with Crippen molar-refractivity contribution in [3.05, 3.63) is 71.8 Å². The number of hydrogen-bond donors (Lipinski definition) is 0. The minimum absolute atomic E-state index is 0.